The van der Waals surface area contributed by atoms with Gasteiger partial charge in [-0.2, -0.15) is 0 Å². The van der Waals surface area contributed by atoms with Gasteiger partial charge in [0.15, 0.2) is 0 Å². The smallest absolute Gasteiger partial charge is 0.127 e. The summed E-state index contributed by atoms with van der Waals surface area (Å²) in [5.74, 6) is 0.363. The molecular formula is C18H20O. The third-order valence-corrected chi connectivity index (χ3v) is 3.93. The molecule has 1 heteroatoms. The van der Waals surface area contributed by atoms with Crippen LogP contribution in [-0.4, -0.2) is 5.11 Å². The molecule has 2 rings (SSSR count). The first kappa shape index (κ1) is 13.4. The minimum Gasteiger partial charge on any atom is -0.507 e. The summed E-state index contributed by atoms with van der Waals surface area (Å²) in [6.45, 7) is 12.0. The van der Waals surface area contributed by atoms with Gasteiger partial charge < -0.3 is 5.11 Å². The van der Waals surface area contributed by atoms with Crippen LogP contribution in [0.3, 0.4) is 0 Å². The van der Waals surface area contributed by atoms with Crippen LogP contribution >= 0.6 is 0 Å². The molecule has 1 N–H and O–H groups in total. The van der Waals surface area contributed by atoms with E-state index in [0.717, 1.165) is 27.8 Å². The zero-order valence-electron chi connectivity index (χ0n) is 12.0. The number of aryl methyl sites for hydroxylation is 1. The molecule has 98 valence electrons. The van der Waals surface area contributed by atoms with Crippen LogP contribution in [0.5, 0.6) is 5.75 Å². The van der Waals surface area contributed by atoms with E-state index < -0.39 is 0 Å². The Bertz CT molecular complexity index is 634. The molecule has 0 saturated carbocycles. The van der Waals surface area contributed by atoms with Crippen LogP contribution in [0.4, 0.5) is 0 Å². The van der Waals surface area contributed by atoms with Crippen molar-refractivity contribution < 1.29 is 5.11 Å². The number of phenols is 1. The van der Waals surface area contributed by atoms with Crippen LogP contribution in [0, 0.1) is 27.7 Å². The second-order valence-electron chi connectivity index (χ2n) is 5.08. The highest BCUT2D eigenvalue weighted by Gasteiger charge is 2.16. The first-order valence-electron chi connectivity index (χ1n) is 6.49. The van der Waals surface area contributed by atoms with Crippen LogP contribution < -0.4 is 0 Å². The van der Waals surface area contributed by atoms with Crippen molar-refractivity contribution in [3.8, 4) is 16.9 Å². The highest BCUT2D eigenvalue weighted by Crippen LogP contribution is 2.40. The molecule has 2 aromatic carbocycles. The molecule has 1 nitrogen and oxygen atoms in total. The topological polar surface area (TPSA) is 20.2 Å². The average Bonchev–Trinajstić information content (AvgIpc) is 2.41. The Hall–Kier alpha value is -2.02. The number of phenolic OH excluding ortho intramolecular Hbond substituents is 1. The van der Waals surface area contributed by atoms with E-state index in [4.69, 9.17) is 0 Å². The van der Waals surface area contributed by atoms with Crippen molar-refractivity contribution in [1.29, 1.82) is 0 Å². The zero-order valence-corrected chi connectivity index (χ0v) is 12.0. The van der Waals surface area contributed by atoms with Crippen LogP contribution in [0.1, 0.15) is 27.8 Å². The summed E-state index contributed by atoms with van der Waals surface area (Å²) in [5.41, 5.74) is 7.40. The van der Waals surface area contributed by atoms with E-state index in [1.807, 2.05) is 32.1 Å². The van der Waals surface area contributed by atoms with Gasteiger partial charge >= 0.3 is 0 Å². The Morgan fingerprint density at radius 2 is 1.47 bits per heavy atom. The lowest BCUT2D eigenvalue weighted by atomic mass is 9.88. The summed E-state index contributed by atoms with van der Waals surface area (Å²) in [4.78, 5) is 0. The minimum absolute atomic E-state index is 0.363. The maximum atomic E-state index is 10.5. The molecule has 0 atom stereocenters. The quantitative estimate of drug-likeness (QED) is 0.803. The monoisotopic (exact) mass is 252 g/mol. The van der Waals surface area contributed by atoms with Gasteiger partial charge in [-0.05, 0) is 55.5 Å². The predicted octanol–water partition coefficient (Wildman–Crippen LogP) is 4.94. The average molecular weight is 252 g/mol. The third kappa shape index (κ3) is 2.17. The standard InChI is InChI=1S/C18H20O/c1-6-16-13(4)12(3)14(5)18(19)17(16)15-9-7-11(2)8-10-15/h6-10,19H,1H2,2-5H3. The van der Waals surface area contributed by atoms with Crippen LogP contribution in [0.25, 0.3) is 17.2 Å². The molecule has 19 heavy (non-hydrogen) atoms. The second-order valence-corrected chi connectivity index (χ2v) is 5.08. The Balaban J connectivity index is 2.82. The van der Waals surface area contributed by atoms with E-state index in [9.17, 15) is 5.11 Å². The van der Waals surface area contributed by atoms with Gasteiger partial charge in [0.25, 0.3) is 0 Å². The fourth-order valence-corrected chi connectivity index (χ4v) is 2.43. The molecule has 0 heterocycles. The predicted molar refractivity (Wildman–Crippen MR) is 82.6 cm³/mol. The lowest BCUT2D eigenvalue weighted by molar-refractivity contribution is 0.472. The largest absolute Gasteiger partial charge is 0.507 e. The molecular weight excluding hydrogens is 232 g/mol. The van der Waals surface area contributed by atoms with Gasteiger partial charge in [-0.1, -0.05) is 42.5 Å². The van der Waals surface area contributed by atoms with Crippen molar-refractivity contribution in [1.82, 2.24) is 0 Å². The fraction of sp³-hybridized carbons (Fsp3) is 0.222. The van der Waals surface area contributed by atoms with Crippen molar-refractivity contribution in [3.05, 3.63) is 58.7 Å². The summed E-state index contributed by atoms with van der Waals surface area (Å²) in [7, 11) is 0. The van der Waals surface area contributed by atoms with Crippen LogP contribution in [0.15, 0.2) is 30.8 Å². The fourth-order valence-electron chi connectivity index (χ4n) is 2.43. The molecule has 0 spiro atoms. The summed E-state index contributed by atoms with van der Waals surface area (Å²) in [6, 6.07) is 8.22. The van der Waals surface area contributed by atoms with Crippen molar-refractivity contribution in [3.63, 3.8) is 0 Å². The Morgan fingerprint density at radius 3 is 2.00 bits per heavy atom. The molecule has 2 aromatic rings. The minimum atomic E-state index is 0.363. The number of benzene rings is 2. The molecule has 0 bridgehead atoms. The molecule has 0 fully saturated rings. The number of aromatic hydroxyl groups is 1. The Morgan fingerprint density at radius 1 is 0.895 bits per heavy atom. The summed E-state index contributed by atoms with van der Waals surface area (Å²) >= 11 is 0. The van der Waals surface area contributed by atoms with Crippen molar-refractivity contribution in [2.75, 3.05) is 0 Å². The highest BCUT2D eigenvalue weighted by atomic mass is 16.3. The first-order valence-corrected chi connectivity index (χ1v) is 6.49. The molecule has 0 aliphatic heterocycles. The van der Waals surface area contributed by atoms with Crippen LogP contribution in [0.2, 0.25) is 0 Å². The SMILES string of the molecule is C=Cc1c(C)c(C)c(C)c(O)c1-c1ccc(C)cc1. The van der Waals surface area contributed by atoms with E-state index in [1.54, 1.807) is 0 Å². The highest BCUT2D eigenvalue weighted by molar-refractivity contribution is 5.83. The summed E-state index contributed by atoms with van der Waals surface area (Å²) < 4.78 is 0. The first-order chi connectivity index (χ1) is 8.97. The number of hydrogen-bond donors (Lipinski definition) is 1. The molecule has 0 amide bonds. The number of hydrogen-bond acceptors (Lipinski definition) is 1. The summed E-state index contributed by atoms with van der Waals surface area (Å²) in [5, 5.41) is 10.5. The number of rotatable bonds is 2. The molecule has 0 unspecified atom stereocenters. The van der Waals surface area contributed by atoms with Gasteiger partial charge in [-0.15, -0.1) is 0 Å². The van der Waals surface area contributed by atoms with Gasteiger partial charge in [0.2, 0.25) is 0 Å². The molecule has 0 aliphatic carbocycles. The van der Waals surface area contributed by atoms with Crippen molar-refractivity contribution in [2.24, 2.45) is 0 Å². The van der Waals surface area contributed by atoms with Crippen molar-refractivity contribution >= 4 is 6.08 Å². The molecule has 0 aliphatic rings. The Labute approximate surface area is 115 Å². The zero-order chi connectivity index (χ0) is 14.2. The second kappa shape index (κ2) is 4.93. The van der Waals surface area contributed by atoms with Gasteiger partial charge in [0.05, 0.1) is 0 Å². The molecule has 0 saturated heterocycles. The maximum Gasteiger partial charge on any atom is 0.127 e. The lowest BCUT2D eigenvalue weighted by Gasteiger charge is -2.17. The van der Waals surface area contributed by atoms with E-state index >= 15 is 0 Å². The molecule has 0 aromatic heterocycles. The third-order valence-electron chi connectivity index (χ3n) is 3.93. The van der Waals surface area contributed by atoms with Crippen LogP contribution in [-0.2, 0) is 0 Å². The van der Waals surface area contributed by atoms with Gasteiger partial charge in [-0.25, -0.2) is 0 Å². The van der Waals surface area contributed by atoms with Gasteiger partial charge in [0, 0.05) is 5.56 Å². The van der Waals surface area contributed by atoms with E-state index in [2.05, 4.69) is 32.6 Å². The Kier molecular flexibility index (Phi) is 3.48. The van der Waals surface area contributed by atoms with E-state index in [-0.39, 0.29) is 0 Å². The summed E-state index contributed by atoms with van der Waals surface area (Å²) in [6.07, 6.45) is 1.83. The lowest BCUT2D eigenvalue weighted by Crippen LogP contribution is -1.96. The normalized spacial score (nSPS) is 10.5. The molecule has 0 radical (unpaired) electrons. The van der Waals surface area contributed by atoms with Gasteiger partial charge in [0.1, 0.15) is 5.75 Å². The van der Waals surface area contributed by atoms with Crippen molar-refractivity contribution in [2.45, 2.75) is 27.7 Å². The maximum absolute atomic E-state index is 10.5. The van der Waals surface area contributed by atoms with E-state index in [0.29, 0.717) is 5.75 Å². The van der Waals surface area contributed by atoms with E-state index in [1.165, 1.54) is 11.1 Å². The van der Waals surface area contributed by atoms with Gasteiger partial charge in [-0.3, -0.25) is 0 Å².